The average Bonchev–Trinajstić information content (AvgIpc) is 3.31. The number of thioether (sulfide) groups is 1. The SMILES string of the molecule is CC(C)(C)NS(=O)(=O)c1cc(C(=O)N(CC2CCCO2)C2CCSC2)ccc1Cl. The molecule has 6 nitrogen and oxygen atoms in total. The Balaban J connectivity index is 1.89. The zero-order chi connectivity index (χ0) is 21.2. The molecule has 1 amide bonds. The van der Waals surface area contributed by atoms with Crippen LogP contribution in [0.15, 0.2) is 23.1 Å². The molecule has 0 radical (unpaired) electrons. The van der Waals surface area contributed by atoms with Crippen molar-refractivity contribution in [3.63, 3.8) is 0 Å². The maximum absolute atomic E-state index is 13.4. The van der Waals surface area contributed by atoms with Crippen LogP contribution < -0.4 is 4.72 Å². The van der Waals surface area contributed by atoms with Gasteiger partial charge >= 0.3 is 0 Å². The van der Waals surface area contributed by atoms with Crippen molar-refractivity contribution in [3.05, 3.63) is 28.8 Å². The van der Waals surface area contributed by atoms with Crippen LogP contribution in [0.2, 0.25) is 5.02 Å². The number of nitrogens with zero attached hydrogens (tertiary/aromatic N) is 1. The van der Waals surface area contributed by atoms with E-state index in [1.807, 2.05) is 16.7 Å². The van der Waals surface area contributed by atoms with E-state index >= 15 is 0 Å². The van der Waals surface area contributed by atoms with E-state index < -0.39 is 15.6 Å². The fourth-order valence-electron chi connectivity index (χ4n) is 3.64. The van der Waals surface area contributed by atoms with Gasteiger partial charge in [0.25, 0.3) is 5.91 Å². The highest BCUT2D eigenvalue weighted by Gasteiger charge is 2.32. The Morgan fingerprint density at radius 2 is 2.10 bits per heavy atom. The quantitative estimate of drug-likeness (QED) is 0.702. The van der Waals surface area contributed by atoms with E-state index in [4.69, 9.17) is 16.3 Å². The van der Waals surface area contributed by atoms with Gasteiger partial charge in [0.05, 0.1) is 11.1 Å². The molecule has 1 aromatic carbocycles. The monoisotopic (exact) mass is 460 g/mol. The molecule has 2 heterocycles. The third-order valence-electron chi connectivity index (χ3n) is 4.94. The Hall–Kier alpha value is -0.800. The molecule has 0 aromatic heterocycles. The van der Waals surface area contributed by atoms with Gasteiger partial charge in [0, 0.05) is 36.0 Å². The van der Waals surface area contributed by atoms with Crippen LogP contribution in [-0.2, 0) is 14.8 Å². The van der Waals surface area contributed by atoms with E-state index in [9.17, 15) is 13.2 Å². The van der Waals surface area contributed by atoms with Gasteiger partial charge in [-0.25, -0.2) is 13.1 Å². The summed E-state index contributed by atoms with van der Waals surface area (Å²) in [6, 6.07) is 4.62. The summed E-state index contributed by atoms with van der Waals surface area (Å²) in [5.41, 5.74) is -0.326. The molecule has 2 saturated heterocycles. The van der Waals surface area contributed by atoms with E-state index in [-0.39, 0.29) is 28.0 Å². The van der Waals surface area contributed by atoms with Gasteiger partial charge in [-0.1, -0.05) is 11.6 Å². The molecule has 2 unspecified atom stereocenters. The molecule has 0 aliphatic carbocycles. The average molecular weight is 461 g/mol. The van der Waals surface area contributed by atoms with Crippen molar-refractivity contribution in [3.8, 4) is 0 Å². The number of carbonyl (C=O) groups is 1. The highest BCUT2D eigenvalue weighted by Crippen LogP contribution is 2.28. The van der Waals surface area contributed by atoms with Crippen molar-refractivity contribution < 1.29 is 17.9 Å². The van der Waals surface area contributed by atoms with Crippen molar-refractivity contribution in [2.75, 3.05) is 24.7 Å². The normalized spacial score (nSPS) is 22.8. The van der Waals surface area contributed by atoms with Gasteiger partial charge in [-0.3, -0.25) is 4.79 Å². The Morgan fingerprint density at radius 3 is 2.69 bits per heavy atom. The second kappa shape index (κ2) is 9.14. The topological polar surface area (TPSA) is 75.7 Å². The van der Waals surface area contributed by atoms with E-state index in [0.29, 0.717) is 12.1 Å². The number of rotatable bonds is 6. The highest BCUT2D eigenvalue weighted by molar-refractivity contribution is 7.99. The molecule has 2 aliphatic heterocycles. The van der Waals surface area contributed by atoms with Gasteiger partial charge in [0.15, 0.2) is 0 Å². The number of amides is 1. The summed E-state index contributed by atoms with van der Waals surface area (Å²) in [6.07, 6.45) is 2.93. The summed E-state index contributed by atoms with van der Waals surface area (Å²) >= 11 is 8.03. The maximum Gasteiger partial charge on any atom is 0.254 e. The molecule has 2 aliphatic rings. The molecule has 9 heteroatoms. The van der Waals surface area contributed by atoms with Gasteiger partial charge in [-0.2, -0.15) is 11.8 Å². The third-order valence-corrected chi connectivity index (χ3v) is 8.32. The number of halogens is 1. The zero-order valence-corrected chi connectivity index (χ0v) is 19.5. The van der Waals surface area contributed by atoms with E-state index in [2.05, 4.69) is 4.72 Å². The number of nitrogens with one attached hydrogen (secondary N) is 1. The first-order valence-corrected chi connectivity index (χ1v) is 12.9. The molecule has 0 spiro atoms. The van der Waals surface area contributed by atoms with E-state index in [1.165, 1.54) is 12.1 Å². The molecule has 3 rings (SSSR count). The second-order valence-corrected chi connectivity index (χ2v) is 11.8. The van der Waals surface area contributed by atoms with Crippen LogP contribution in [0.3, 0.4) is 0 Å². The Bertz CT molecular complexity index is 843. The van der Waals surface area contributed by atoms with Gasteiger partial charge in [0.1, 0.15) is 4.90 Å². The van der Waals surface area contributed by atoms with Crippen LogP contribution in [0.4, 0.5) is 0 Å². The lowest BCUT2D eigenvalue weighted by Crippen LogP contribution is -2.45. The van der Waals surface area contributed by atoms with Gasteiger partial charge in [-0.15, -0.1) is 0 Å². The van der Waals surface area contributed by atoms with E-state index in [1.54, 1.807) is 26.8 Å². The van der Waals surface area contributed by atoms with Crippen LogP contribution >= 0.6 is 23.4 Å². The number of benzene rings is 1. The van der Waals surface area contributed by atoms with Crippen LogP contribution in [0.1, 0.15) is 50.4 Å². The lowest BCUT2D eigenvalue weighted by atomic mass is 10.1. The largest absolute Gasteiger partial charge is 0.376 e. The minimum Gasteiger partial charge on any atom is -0.376 e. The van der Waals surface area contributed by atoms with Crippen LogP contribution in [0.5, 0.6) is 0 Å². The molecule has 1 N–H and O–H groups in total. The summed E-state index contributed by atoms with van der Waals surface area (Å²) in [4.78, 5) is 15.2. The third kappa shape index (κ3) is 5.88. The first-order chi connectivity index (χ1) is 13.6. The van der Waals surface area contributed by atoms with Gasteiger partial charge in [-0.05, 0) is 64.0 Å². The lowest BCUT2D eigenvalue weighted by Gasteiger charge is -2.31. The minimum atomic E-state index is -3.85. The summed E-state index contributed by atoms with van der Waals surface area (Å²) in [5.74, 6) is 1.75. The summed E-state index contributed by atoms with van der Waals surface area (Å²) < 4.78 is 34.0. The smallest absolute Gasteiger partial charge is 0.254 e. The number of ether oxygens (including phenoxy) is 1. The molecule has 0 bridgehead atoms. The molecule has 1 aromatic rings. The molecular formula is C20H29ClN2O4S2. The minimum absolute atomic E-state index is 0.0441. The van der Waals surface area contributed by atoms with Crippen LogP contribution in [0.25, 0.3) is 0 Å². The number of hydrogen-bond donors (Lipinski definition) is 1. The predicted octanol–water partition coefficient (Wildman–Crippen LogP) is 3.54. The fourth-order valence-corrected chi connectivity index (χ4v) is 6.81. The van der Waals surface area contributed by atoms with Crippen molar-refractivity contribution in [1.82, 2.24) is 9.62 Å². The van der Waals surface area contributed by atoms with Crippen molar-refractivity contribution >= 4 is 39.3 Å². The van der Waals surface area contributed by atoms with E-state index in [0.717, 1.165) is 37.4 Å². The van der Waals surface area contributed by atoms with Crippen molar-refractivity contribution in [1.29, 1.82) is 0 Å². The molecule has 162 valence electrons. The zero-order valence-electron chi connectivity index (χ0n) is 17.1. The maximum atomic E-state index is 13.4. The van der Waals surface area contributed by atoms with Gasteiger partial charge in [0.2, 0.25) is 10.0 Å². The Labute approximate surface area is 182 Å². The molecule has 2 fully saturated rings. The summed E-state index contributed by atoms with van der Waals surface area (Å²) in [7, 11) is -3.85. The van der Waals surface area contributed by atoms with Crippen LogP contribution in [-0.4, -0.2) is 61.6 Å². The number of hydrogen-bond acceptors (Lipinski definition) is 5. The first kappa shape index (κ1) is 22.9. The number of carbonyl (C=O) groups excluding carboxylic acids is 1. The Morgan fingerprint density at radius 1 is 1.34 bits per heavy atom. The molecular weight excluding hydrogens is 432 g/mol. The van der Waals surface area contributed by atoms with Crippen molar-refractivity contribution in [2.45, 2.75) is 62.6 Å². The summed E-state index contributed by atoms with van der Waals surface area (Å²) in [6.45, 7) is 6.54. The van der Waals surface area contributed by atoms with Crippen LogP contribution in [0, 0.1) is 0 Å². The molecule has 2 atom stereocenters. The summed E-state index contributed by atoms with van der Waals surface area (Å²) in [5, 5.41) is 0.0976. The Kier molecular flexibility index (Phi) is 7.21. The molecule has 29 heavy (non-hydrogen) atoms. The van der Waals surface area contributed by atoms with Gasteiger partial charge < -0.3 is 9.64 Å². The fraction of sp³-hybridized carbons (Fsp3) is 0.650. The number of sulfonamides is 1. The molecule has 0 saturated carbocycles. The standard InChI is InChI=1S/C20H29ClN2O4S2/c1-20(2,3)22-29(25,26)18-11-14(6-7-17(18)21)19(24)23(15-8-10-28-13-15)12-16-5-4-9-27-16/h6-7,11,15-16,22H,4-5,8-10,12-13H2,1-3H3. The second-order valence-electron chi connectivity index (χ2n) is 8.61. The first-order valence-electron chi connectivity index (χ1n) is 9.91. The predicted molar refractivity (Wildman–Crippen MR) is 117 cm³/mol. The van der Waals surface area contributed by atoms with Crippen molar-refractivity contribution in [2.24, 2.45) is 0 Å². The highest BCUT2D eigenvalue weighted by atomic mass is 35.5. The lowest BCUT2D eigenvalue weighted by molar-refractivity contribution is 0.0441.